The van der Waals surface area contributed by atoms with E-state index in [4.69, 9.17) is 23.2 Å². The van der Waals surface area contributed by atoms with Gasteiger partial charge in [0.05, 0.1) is 22.3 Å². The fraction of sp³-hybridized carbons (Fsp3) is 0.185. The summed E-state index contributed by atoms with van der Waals surface area (Å²) in [6.07, 6.45) is 1.75. The number of benzene rings is 2. The molecule has 0 aliphatic heterocycles. The SMILES string of the molecule is Cc1ccc(-c2ccnc3c2c(C)nn3CC(=O)Nc2cc(C)n(Cc3ccc(Cl)c(Cl)c3)n2)cc1. The number of hydrogen-bond acceptors (Lipinski definition) is 4. The number of nitrogens with zero attached hydrogens (tertiary/aromatic N) is 5. The Labute approximate surface area is 218 Å². The van der Waals surface area contributed by atoms with Crippen molar-refractivity contribution >= 4 is 46.0 Å². The van der Waals surface area contributed by atoms with Crippen molar-refractivity contribution in [2.24, 2.45) is 0 Å². The average Bonchev–Trinajstić information content (AvgIpc) is 3.35. The highest BCUT2D eigenvalue weighted by molar-refractivity contribution is 6.42. The molecule has 0 bridgehead atoms. The van der Waals surface area contributed by atoms with Crippen LogP contribution in [0.5, 0.6) is 0 Å². The molecule has 36 heavy (non-hydrogen) atoms. The Hall–Kier alpha value is -3.68. The van der Waals surface area contributed by atoms with Gasteiger partial charge in [-0.3, -0.25) is 9.48 Å². The molecule has 0 atom stereocenters. The number of hydrogen-bond donors (Lipinski definition) is 1. The molecule has 0 fully saturated rings. The number of rotatable bonds is 6. The second-order valence-electron chi connectivity index (χ2n) is 8.79. The first-order chi connectivity index (χ1) is 17.3. The third-order valence-corrected chi connectivity index (χ3v) is 6.77. The van der Waals surface area contributed by atoms with Gasteiger partial charge in [-0.15, -0.1) is 0 Å². The van der Waals surface area contributed by atoms with E-state index in [0.29, 0.717) is 28.1 Å². The van der Waals surface area contributed by atoms with Gasteiger partial charge in [0.2, 0.25) is 5.91 Å². The van der Waals surface area contributed by atoms with Crippen molar-refractivity contribution in [1.82, 2.24) is 24.5 Å². The molecule has 182 valence electrons. The Balaban J connectivity index is 1.34. The van der Waals surface area contributed by atoms with E-state index in [2.05, 4.69) is 51.7 Å². The fourth-order valence-electron chi connectivity index (χ4n) is 4.23. The van der Waals surface area contributed by atoms with E-state index in [1.165, 1.54) is 5.56 Å². The molecule has 0 saturated heterocycles. The van der Waals surface area contributed by atoms with Crippen LogP contribution in [0.25, 0.3) is 22.2 Å². The number of pyridine rings is 1. The fourth-order valence-corrected chi connectivity index (χ4v) is 4.55. The maximum absolute atomic E-state index is 12.9. The number of anilines is 1. The summed E-state index contributed by atoms with van der Waals surface area (Å²) in [5.41, 5.74) is 6.68. The van der Waals surface area contributed by atoms with Crippen LogP contribution in [0, 0.1) is 20.8 Å². The summed E-state index contributed by atoms with van der Waals surface area (Å²) < 4.78 is 3.44. The summed E-state index contributed by atoms with van der Waals surface area (Å²) in [5.74, 6) is 0.236. The van der Waals surface area contributed by atoms with Gasteiger partial charge in [-0.05, 0) is 55.7 Å². The highest BCUT2D eigenvalue weighted by Crippen LogP contribution is 2.30. The molecule has 3 aromatic heterocycles. The molecule has 0 saturated carbocycles. The Bertz CT molecular complexity index is 1590. The summed E-state index contributed by atoms with van der Waals surface area (Å²) >= 11 is 12.1. The van der Waals surface area contributed by atoms with Gasteiger partial charge >= 0.3 is 0 Å². The molecule has 1 amide bonds. The zero-order valence-electron chi connectivity index (χ0n) is 20.1. The van der Waals surface area contributed by atoms with Crippen molar-refractivity contribution in [2.45, 2.75) is 33.9 Å². The third kappa shape index (κ3) is 4.85. The van der Waals surface area contributed by atoms with Crippen LogP contribution in [0.15, 0.2) is 60.8 Å². The van der Waals surface area contributed by atoms with E-state index in [9.17, 15) is 4.79 Å². The van der Waals surface area contributed by atoms with Gasteiger partial charge < -0.3 is 5.32 Å². The topological polar surface area (TPSA) is 77.6 Å². The number of carbonyl (C=O) groups is 1. The molecule has 2 aromatic carbocycles. The van der Waals surface area contributed by atoms with Gasteiger partial charge in [-0.2, -0.15) is 10.2 Å². The molecule has 0 unspecified atom stereocenters. The zero-order chi connectivity index (χ0) is 25.4. The quantitative estimate of drug-likeness (QED) is 0.289. The second kappa shape index (κ2) is 9.76. The molecular formula is C27H24Cl2N6O. The highest BCUT2D eigenvalue weighted by Gasteiger charge is 2.17. The van der Waals surface area contributed by atoms with Gasteiger partial charge in [0.25, 0.3) is 0 Å². The van der Waals surface area contributed by atoms with Gasteiger partial charge in [0.1, 0.15) is 6.54 Å². The van der Waals surface area contributed by atoms with Gasteiger partial charge in [-0.1, -0.05) is 59.1 Å². The Kier molecular flexibility index (Phi) is 6.51. The van der Waals surface area contributed by atoms with E-state index in [1.807, 2.05) is 38.1 Å². The van der Waals surface area contributed by atoms with E-state index >= 15 is 0 Å². The summed E-state index contributed by atoms with van der Waals surface area (Å²) in [6, 6.07) is 17.6. The van der Waals surface area contributed by atoms with Crippen LogP contribution in [-0.2, 0) is 17.9 Å². The summed E-state index contributed by atoms with van der Waals surface area (Å²) in [4.78, 5) is 17.4. The minimum Gasteiger partial charge on any atom is -0.308 e. The molecule has 0 aliphatic rings. The van der Waals surface area contributed by atoms with Crippen molar-refractivity contribution in [3.63, 3.8) is 0 Å². The maximum Gasteiger partial charge on any atom is 0.247 e. The van der Waals surface area contributed by atoms with Gasteiger partial charge in [0, 0.05) is 23.3 Å². The summed E-state index contributed by atoms with van der Waals surface area (Å²) in [6.45, 7) is 6.46. The largest absolute Gasteiger partial charge is 0.308 e. The molecule has 0 spiro atoms. The molecule has 9 heteroatoms. The number of nitrogens with one attached hydrogen (secondary N) is 1. The number of aryl methyl sites for hydroxylation is 3. The molecule has 5 aromatic rings. The molecule has 7 nitrogen and oxygen atoms in total. The lowest BCUT2D eigenvalue weighted by molar-refractivity contribution is -0.116. The normalized spacial score (nSPS) is 11.2. The smallest absolute Gasteiger partial charge is 0.247 e. The highest BCUT2D eigenvalue weighted by atomic mass is 35.5. The van der Waals surface area contributed by atoms with E-state index < -0.39 is 0 Å². The number of carbonyl (C=O) groups excluding carboxylic acids is 1. The Morgan fingerprint density at radius 3 is 2.44 bits per heavy atom. The van der Waals surface area contributed by atoms with Crippen LogP contribution >= 0.6 is 23.2 Å². The summed E-state index contributed by atoms with van der Waals surface area (Å²) in [7, 11) is 0. The molecular weight excluding hydrogens is 495 g/mol. The number of fused-ring (bicyclic) bond motifs is 1. The van der Waals surface area contributed by atoms with Crippen LogP contribution in [0.1, 0.15) is 22.5 Å². The lowest BCUT2D eigenvalue weighted by atomic mass is 10.0. The minimum absolute atomic E-state index is 0.0212. The lowest BCUT2D eigenvalue weighted by Gasteiger charge is -2.07. The molecule has 0 aliphatic carbocycles. The maximum atomic E-state index is 12.9. The predicted octanol–water partition coefficient (Wildman–Crippen LogP) is 6.21. The first-order valence-electron chi connectivity index (χ1n) is 11.5. The zero-order valence-corrected chi connectivity index (χ0v) is 21.6. The Morgan fingerprint density at radius 1 is 0.917 bits per heavy atom. The molecule has 0 radical (unpaired) electrons. The van der Waals surface area contributed by atoms with Gasteiger partial charge in [-0.25, -0.2) is 9.67 Å². The predicted molar refractivity (Wildman–Crippen MR) is 144 cm³/mol. The average molecular weight is 519 g/mol. The second-order valence-corrected chi connectivity index (χ2v) is 9.61. The van der Waals surface area contributed by atoms with Crippen LogP contribution in [0.3, 0.4) is 0 Å². The van der Waals surface area contributed by atoms with Crippen LogP contribution < -0.4 is 5.32 Å². The van der Waals surface area contributed by atoms with Crippen molar-refractivity contribution in [3.05, 3.63) is 93.4 Å². The monoisotopic (exact) mass is 518 g/mol. The molecule has 5 rings (SSSR count). The number of halogens is 2. The standard InChI is InChI=1S/C27H24Cl2N6O/c1-16-4-7-20(8-5-16)21-10-11-30-27-26(21)18(3)32-35(27)15-25(36)31-24-12-17(2)34(33-24)14-19-6-9-22(28)23(29)13-19/h4-13H,14-15H2,1-3H3,(H,31,33,36). The van der Waals surface area contributed by atoms with E-state index in [0.717, 1.165) is 33.5 Å². The first-order valence-corrected chi connectivity index (χ1v) is 12.2. The number of amides is 1. The first kappa shape index (κ1) is 24.0. The van der Waals surface area contributed by atoms with Crippen molar-refractivity contribution in [2.75, 3.05) is 5.32 Å². The van der Waals surface area contributed by atoms with Crippen LogP contribution in [0.2, 0.25) is 10.0 Å². The number of aromatic nitrogens is 5. The van der Waals surface area contributed by atoms with Crippen LogP contribution in [-0.4, -0.2) is 30.5 Å². The Morgan fingerprint density at radius 2 is 1.69 bits per heavy atom. The van der Waals surface area contributed by atoms with Crippen molar-refractivity contribution < 1.29 is 4.79 Å². The van der Waals surface area contributed by atoms with Crippen molar-refractivity contribution in [3.8, 4) is 11.1 Å². The molecule has 1 N–H and O–H groups in total. The lowest BCUT2D eigenvalue weighted by Crippen LogP contribution is -2.20. The molecule has 3 heterocycles. The van der Waals surface area contributed by atoms with E-state index in [1.54, 1.807) is 21.6 Å². The van der Waals surface area contributed by atoms with Crippen molar-refractivity contribution in [1.29, 1.82) is 0 Å². The minimum atomic E-state index is -0.235. The van der Waals surface area contributed by atoms with Crippen LogP contribution in [0.4, 0.5) is 5.82 Å². The van der Waals surface area contributed by atoms with Gasteiger partial charge in [0.15, 0.2) is 11.5 Å². The third-order valence-electron chi connectivity index (χ3n) is 6.03. The van der Waals surface area contributed by atoms with E-state index in [-0.39, 0.29) is 12.5 Å². The summed E-state index contributed by atoms with van der Waals surface area (Å²) in [5, 5.41) is 14.0.